The summed E-state index contributed by atoms with van der Waals surface area (Å²) in [5.41, 5.74) is 0. The van der Waals surface area contributed by atoms with E-state index in [-0.39, 0.29) is 32.0 Å². The van der Waals surface area contributed by atoms with E-state index in [1.165, 1.54) is 89.9 Å². The molecule has 0 aromatic carbocycles. The second-order valence-corrected chi connectivity index (χ2v) is 21.4. The van der Waals surface area contributed by atoms with E-state index in [1.54, 1.807) is 0 Å². The molecule has 0 rings (SSSR count). The van der Waals surface area contributed by atoms with Crippen LogP contribution < -0.4 is 0 Å². The minimum Gasteiger partial charge on any atom is -0.462 e. The summed E-state index contributed by atoms with van der Waals surface area (Å²) >= 11 is 0. The van der Waals surface area contributed by atoms with Crippen molar-refractivity contribution in [2.45, 2.75) is 225 Å². The highest BCUT2D eigenvalue weighted by Gasteiger charge is 2.27. The van der Waals surface area contributed by atoms with Crippen LogP contribution in [0.15, 0.2) is 109 Å². The molecule has 0 aromatic rings. The molecule has 0 aliphatic heterocycles. The van der Waals surface area contributed by atoms with E-state index >= 15 is 0 Å². The Kier molecular flexibility index (Phi) is 50.1. The Balaban J connectivity index is 4.28. The molecule has 0 aromatic heterocycles. The quantitative estimate of drug-likeness (QED) is 0.0211. The first-order chi connectivity index (χ1) is 35.0. The lowest BCUT2D eigenvalue weighted by Crippen LogP contribution is -2.37. The summed E-state index contributed by atoms with van der Waals surface area (Å²) in [6.07, 6.45) is 72.9. The average molecular weight is 1030 g/mol. The maximum Gasteiger partial charge on any atom is 0.472 e. The van der Waals surface area contributed by atoms with Crippen molar-refractivity contribution in [3.63, 3.8) is 0 Å². The number of allylic oxidation sites excluding steroid dienone is 18. The van der Waals surface area contributed by atoms with Crippen molar-refractivity contribution in [1.82, 2.24) is 0 Å². The van der Waals surface area contributed by atoms with Crippen LogP contribution in [0.4, 0.5) is 0 Å². The fraction of sp³-hybridized carbons (Fsp3) is 0.677. The third kappa shape index (κ3) is 56.0. The monoisotopic (exact) mass is 1020 g/mol. The lowest BCUT2D eigenvalue weighted by molar-refractivity contribution is -0.870. The van der Waals surface area contributed by atoms with E-state index in [4.69, 9.17) is 18.5 Å². The zero-order chi connectivity index (χ0) is 52.7. The number of unbranched alkanes of at least 4 members (excludes halogenated alkanes) is 19. The molecule has 0 bridgehead atoms. The van der Waals surface area contributed by atoms with Crippen LogP contribution in [0.2, 0.25) is 0 Å². The highest BCUT2D eigenvalue weighted by Crippen LogP contribution is 2.43. The van der Waals surface area contributed by atoms with Crippen LogP contribution in [0.25, 0.3) is 0 Å². The third-order valence-electron chi connectivity index (χ3n) is 11.8. The van der Waals surface area contributed by atoms with Gasteiger partial charge in [-0.05, 0) is 103 Å². The number of hydrogen-bond donors (Lipinski definition) is 1. The number of phosphoric ester groups is 1. The molecule has 0 heterocycles. The van der Waals surface area contributed by atoms with Gasteiger partial charge in [-0.1, -0.05) is 213 Å². The summed E-state index contributed by atoms with van der Waals surface area (Å²) in [7, 11) is 1.44. The Morgan fingerprint density at radius 2 is 0.792 bits per heavy atom. The van der Waals surface area contributed by atoms with Crippen LogP contribution in [0.5, 0.6) is 0 Å². The van der Waals surface area contributed by atoms with Gasteiger partial charge in [-0.25, -0.2) is 4.57 Å². The molecule has 0 aliphatic carbocycles. The van der Waals surface area contributed by atoms with Gasteiger partial charge in [0.05, 0.1) is 27.7 Å². The van der Waals surface area contributed by atoms with Crippen LogP contribution in [-0.4, -0.2) is 74.9 Å². The second-order valence-electron chi connectivity index (χ2n) is 19.9. The van der Waals surface area contributed by atoms with E-state index in [1.807, 2.05) is 21.1 Å². The molecule has 1 N–H and O–H groups in total. The first-order valence-electron chi connectivity index (χ1n) is 28.6. The number of carbonyl (C=O) groups excluding carboxylic acids is 2. The van der Waals surface area contributed by atoms with Gasteiger partial charge in [0.25, 0.3) is 0 Å². The molecule has 412 valence electrons. The number of ether oxygens (including phenoxy) is 2. The molecule has 0 spiro atoms. The van der Waals surface area contributed by atoms with Gasteiger partial charge in [0.2, 0.25) is 0 Å². The Morgan fingerprint density at radius 3 is 1.19 bits per heavy atom. The second kappa shape index (κ2) is 52.5. The normalized spacial score (nSPS) is 14.1. The largest absolute Gasteiger partial charge is 0.472 e. The van der Waals surface area contributed by atoms with Crippen molar-refractivity contribution < 1.29 is 42.1 Å². The fourth-order valence-electron chi connectivity index (χ4n) is 7.38. The smallest absolute Gasteiger partial charge is 0.462 e. The molecular formula is C62H107NO8P+. The summed E-state index contributed by atoms with van der Waals surface area (Å²) in [6, 6.07) is 0. The number of hydrogen-bond acceptors (Lipinski definition) is 7. The number of quaternary nitrogens is 1. The Morgan fingerprint density at radius 1 is 0.444 bits per heavy atom. The van der Waals surface area contributed by atoms with Gasteiger partial charge in [0.15, 0.2) is 6.10 Å². The van der Waals surface area contributed by atoms with E-state index < -0.39 is 26.5 Å². The number of carbonyl (C=O) groups is 2. The van der Waals surface area contributed by atoms with Crippen molar-refractivity contribution in [3.8, 4) is 0 Å². The average Bonchev–Trinajstić information content (AvgIpc) is 3.34. The van der Waals surface area contributed by atoms with Crippen LogP contribution in [0.3, 0.4) is 0 Å². The van der Waals surface area contributed by atoms with Gasteiger partial charge in [-0.3, -0.25) is 18.6 Å². The summed E-state index contributed by atoms with van der Waals surface area (Å²) < 4.78 is 34.5. The molecule has 0 aliphatic rings. The number of likely N-dealkylation sites (N-methyl/N-ethyl adjacent to an activating group) is 1. The van der Waals surface area contributed by atoms with Gasteiger partial charge in [-0.2, -0.15) is 0 Å². The van der Waals surface area contributed by atoms with Gasteiger partial charge >= 0.3 is 19.8 Å². The third-order valence-corrected chi connectivity index (χ3v) is 12.8. The minimum absolute atomic E-state index is 0.0204. The molecule has 0 fully saturated rings. The molecule has 10 heteroatoms. The first-order valence-corrected chi connectivity index (χ1v) is 30.1. The van der Waals surface area contributed by atoms with E-state index in [0.29, 0.717) is 17.4 Å². The Labute approximate surface area is 442 Å². The number of esters is 2. The summed E-state index contributed by atoms with van der Waals surface area (Å²) in [6.45, 7) is 4.28. The highest BCUT2D eigenvalue weighted by molar-refractivity contribution is 7.47. The van der Waals surface area contributed by atoms with Gasteiger partial charge in [0.1, 0.15) is 19.8 Å². The maximum atomic E-state index is 12.8. The molecule has 9 nitrogen and oxygen atoms in total. The van der Waals surface area contributed by atoms with Crippen LogP contribution in [-0.2, 0) is 32.7 Å². The van der Waals surface area contributed by atoms with E-state index in [9.17, 15) is 19.0 Å². The number of phosphoric acid groups is 1. The number of rotatable bonds is 51. The first kappa shape index (κ1) is 68.7. The van der Waals surface area contributed by atoms with Crippen molar-refractivity contribution in [3.05, 3.63) is 109 Å². The molecular weight excluding hydrogens is 918 g/mol. The van der Waals surface area contributed by atoms with E-state index in [2.05, 4.69) is 123 Å². The summed E-state index contributed by atoms with van der Waals surface area (Å²) in [5, 5.41) is 0. The minimum atomic E-state index is -4.40. The Bertz CT molecular complexity index is 1580. The van der Waals surface area contributed by atoms with Gasteiger partial charge < -0.3 is 18.9 Å². The van der Waals surface area contributed by atoms with Crippen molar-refractivity contribution >= 4 is 19.8 Å². The van der Waals surface area contributed by atoms with Crippen LogP contribution in [0, 0.1) is 0 Å². The molecule has 0 saturated heterocycles. The summed E-state index contributed by atoms with van der Waals surface area (Å²) in [4.78, 5) is 35.7. The van der Waals surface area contributed by atoms with Gasteiger partial charge in [-0.15, -0.1) is 0 Å². The Hall–Kier alpha value is -3.33. The van der Waals surface area contributed by atoms with E-state index in [0.717, 1.165) is 96.3 Å². The molecule has 0 amide bonds. The SMILES string of the molecule is CC/C=C\C/C=C\C/C=C\C/C=C\C/C=C\C/C=C\C/C=C\C/C=C\CCCCCCC(=O)OC(COC(=O)CCCCCCCCCCC/C=C\CCCCCCCC)COP(=O)(O)OCC[N+](C)(C)C. The van der Waals surface area contributed by atoms with Gasteiger partial charge in [0, 0.05) is 12.8 Å². The van der Waals surface area contributed by atoms with Crippen molar-refractivity contribution in [2.24, 2.45) is 0 Å². The zero-order valence-corrected chi connectivity index (χ0v) is 47.5. The molecule has 2 atom stereocenters. The lowest BCUT2D eigenvalue weighted by atomic mass is 10.1. The zero-order valence-electron chi connectivity index (χ0n) is 46.6. The highest BCUT2D eigenvalue weighted by atomic mass is 31.2. The lowest BCUT2D eigenvalue weighted by Gasteiger charge is -2.24. The topological polar surface area (TPSA) is 108 Å². The predicted molar refractivity (Wildman–Crippen MR) is 307 cm³/mol. The molecule has 0 radical (unpaired) electrons. The molecule has 2 unspecified atom stereocenters. The maximum absolute atomic E-state index is 12.8. The van der Waals surface area contributed by atoms with Crippen LogP contribution >= 0.6 is 7.82 Å². The van der Waals surface area contributed by atoms with Crippen molar-refractivity contribution in [2.75, 3.05) is 47.5 Å². The fourth-order valence-corrected chi connectivity index (χ4v) is 8.12. The summed E-state index contributed by atoms with van der Waals surface area (Å²) in [5.74, 6) is -0.834. The molecule has 0 saturated carbocycles. The standard InChI is InChI=1S/C62H106NO8P/c1-6-8-10-12-14-16-18-20-22-24-26-27-28-29-30-31-32-33-34-35-37-39-41-43-45-47-49-51-53-55-62(65)71-60(59-70-72(66,67)69-57-56-63(3,4)5)58-68-61(64)54-52-50-48-46-44-42-40-38-36-25-23-21-19-17-15-13-11-9-7-2/h8,10,14,16,20-23,26-27,29-30,32-33,35,37,41,43,60H,6-7,9,11-13,15,17-19,24-25,28,31,34,36,38-40,42,44-59H2,1-5H3/p+1/b10-8-,16-14-,22-20-,23-21-,27-26-,30-29-,33-32-,37-35-,43-41-. The number of nitrogens with zero attached hydrogens (tertiary/aromatic N) is 1. The molecule has 72 heavy (non-hydrogen) atoms. The predicted octanol–water partition coefficient (Wildman–Crippen LogP) is 17.8. The van der Waals surface area contributed by atoms with Crippen molar-refractivity contribution in [1.29, 1.82) is 0 Å². The van der Waals surface area contributed by atoms with Crippen LogP contribution in [0.1, 0.15) is 219 Å².